The number of ether oxygens (including phenoxy) is 2. The van der Waals surface area contributed by atoms with Gasteiger partial charge in [0.15, 0.2) is 0 Å². The lowest BCUT2D eigenvalue weighted by Crippen LogP contribution is -2.05. The molecule has 1 rings (SSSR count). The molecule has 6 nitrogen and oxygen atoms in total. The lowest BCUT2D eigenvalue weighted by Gasteiger charge is -2.09. The van der Waals surface area contributed by atoms with Gasteiger partial charge in [-0.1, -0.05) is 0 Å². The molecular formula is C15H21NO5. The third-order valence-corrected chi connectivity index (χ3v) is 2.85. The van der Waals surface area contributed by atoms with Crippen LogP contribution in [0.5, 0.6) is 5.75 Å². The molecule has 0 unspecified atom stereocenters. The highest BCUT2D eigenvalue weighted by Gasteiger charge is 2.07. The first kappa shape index (κ1) is 16.8. The van der Waals surface area contributed by atoms with Crippen LogP contribution in [0.3, 0.4) is 0 Å². The first-order chi connectivity index (χ1) is 10.0. The van der Waals surface area contributed by atoms with Gasteiger partial charge in [0, 0.05) is 6.42 Å². The maximum Gasteiger partial charge on any atom is 0.335 e. The van der Waals surface area contributed by atoms with Crippen molar-refractivity contribution in [1.82, 2.24) is 0 Å². The fourth-order valence-electron chi connectivity index (χ4n) is 1.76. The number of anilines is 1. The monoisotopic (exact) mass is 295 g/mol. The summed E-state index contributed by atoms with van der Waals surface area (Å²) < 4.78 is 10.3. The van der Waals surface area contributed by atoms with Crippen molar-refractivity contribution in [2.24, 2.45) is 0 Å². The Morgan fingerprint density at radius 3 is 2.67 bits per heavy atom. The molecule has 0 amide bonds. The molecule has 0 aliphatic heterocycles. The zero-order valence-corrected chi connectivity index (χ0v) is 12.1. The number of nitrogen functional groups attached to an aromatic ring is 1. The van der Waals surface area contributed by atoms with Gasteiger partial charge in [0.05, 0.1) is 24.5 Å². The molecule has 0 saturated carbocycles. The van der Waals surface area contributed by atoms with Crippen LogP contribution in [0.15, 0.2) is 18.2 Å². The highest BCUT2D eigenvalue weighted by molar-refractivity contribution is 5.89. The van der Waals surface area contributed by atoms with Gasteiger partial charge in [-0.2, -0.15) is 0 Å². The van der Waals surface area contributed by atoms with Crippen LogP contribution in [0.1, 0.15) is 43.0 Å². The Labute approximate surface area is 123 Å². The van der Waals surface area contributed by atoms with E-state index in [-0.39, 0.29) is 11.5 Å². The van der Waals surface area contributed by atoms with Gasteiger partial charge in [0.2, 0.25) is 0 Å². The Morgan fingerprint density at radius 1 is 1.24 bits per heavy atom. The van der Waals surface area contributed by atoms with Crippen LogP contribution in [0.25, 0.3) is 0 Å². The molecule has 0 radical (unpaired) electrons. The summed E-state index contributed by atoms with van der Waals surface area (Å²) in [5.74, 6) is -0.827. The third-order valence-electron chi connectivity index (χ3n) is 2.85. The van der Waals surface area contributed by atoms with E-state index < -0.39 is 5.97 Å². The van der Waals surface area contributed by atoms with Gasteiger partial charge in [0.25, 0.3) is 0 Å². The van der Waals surface area contributed by atoms with E-state index in [0.717, 1.165) is 19.3 Å². The Bertz CT molecular complexity index is 487. The molecule has 116 valence electrons. The number of carboxylic acid groups (broad SMARTS) is 1. The maximum atomic E-state index is 11.1. The summed E-state index contributed by atoms with van der Waals surface area (Å²) >= 11 is 0. The molecule has 21 heavy (non-hydrogen) atoms. The van der Waals surface area contributed by atoms with Crippen molar-refractivity contribution in [3.8, 4) is 5.75 Å². The molecule has 0 heterocycles. The topological polar surface area (TPSA) is 98.8 Å². The van der Waals surface area contributed by atoms with E-state index in [4.69, 9.17) is 20.3 Å². The number of carbonyl (C=O) groups is 2. The number of nitrogens with two attached hydrogens (primary N) is 1. The van der Waals surface area contributed by atoms with Gasteiger partial charge >= 0.3 is 11.9 Å². The van der Waals surface area contributed by atoms with Gasteiger partial charge in [-0.3, -0.25) is 4.79 Å². The van der Waals surface area contributed by atoms with E-state index in [1.54, 1.807) is 6.92 Å². The lowest BCUT2D eigenvalue weighted by molar-refractivity contribution is -0.143. The minimum atomic E-state index is -1.02. The van der Waals surface area contributed by atoms with Gasteiger partial charge in [-0.05, 0) is 44.4 Å². The second-order valence-corrected chi connectivity index (χ2v) is 4.52. The number of hydrogen-bond donors (Lipinski definition) is 2. The largest absolute Gasteiger partial charge is 0.491 e. The molecule has 0 aliphatic rings. The van der Waals surface area contributed by atoms with E-state index in [1.165, 1.54) is 18.2 Å². The second kappa shape index (κ2) is 8.84. The molecule has 6 heteroatoms. The molecule has 0 bridgehead atoms. The summed E-state index contributed by atoms with van der Waals surface area (Å²) in [6, 6.07) is 4.36. The van der Waals surface area contributed by atoms with Crippen LogP contribution in [0, 0.1) is 0 Å². The van der Waals surface area contributed by atoms with Gasteiger partial charge in [-0.15, -0.1) is 0 Å². The van der Waals surface area contributed by atoms with Crippen LogP contribution in [-0.4, -0.2) is 30.3 Å². The van der Waals surface area contributed by atoms with Crippen molar-refractivity contribution >= 4 is 17.6 Å². The fourth-order valence-corrected chi connectivity index (χ4v) is 1.76. The van der Waals surface area contributed by atoms with Crippen molar-refractivity contribution < 1.29 is 24.2 Å². The van der Waals surface area contributed by atoms with E-state index in [0.29, 0.717) is 31.1 Å². The minimum Gasteiger partial charge on any atom is -0.491 e. The van der Waals surface area contributed by atoms with Crippen LogP contribution in [-0.2, 0) is 9.53 Å². The van der Waals surface area contributed by atoms with Crippen LogP contribution < -0.4 is 10.5 Å². The lowest BCUT2D eigenvalue weighted by atomic mass is 10.2. The van der Waals surface area contributed by atoms with Crippen molar-refractivity contribution in [3.05, 3.63) is 23.8 Å². The van der Waals surface area contributed by atoms with Crippen LogP contribution in [0.2, 0.25) is 0 Å². The number of unbranched alkanes of at least 4 members (excludes halogenated alkanes) is 2. The Hall–Kier alpha value is -2.24. The zero-order valence-electron chi connectivity index (χ0n) is 12.1. The van der Waals surface area contributed by atoms with Crippen molar-refractivity contribution in [1.29, 1.82) is 0 Å². The average Bonchev–Trinajstić information content (AvgIpc) is 2.44. The second-order valence-electron chi connectivity index (χ2n) is 4.52. The first-order valence-corrected chi connectivity index (χ1v) is 6.95. The number of benzene rings is 1. The highest BCUT2D eigenvalue weighted by atomic mass is 16.5. The van der Waals surface area contributed by atoms with Gasteiger partial charge in [-0.25, -0.2) is 4.79 Å². The van der Waals surface area contributed by atoms with Crippen LogP contribution in [0.4, 0.5) is 5.69 Å². The van der Waals surface area contributed by atoms with E-state index >= 15 is 0 Å². The number of aromatic carboxylic acids is 1. The first-order valence-electron chi connectivity index (χ1n) is 6.95. The fraction of sp³-hybridized carbons (Fsp3) is 0.467. The predicted octanol–water partition coefficient (Wildman–Crippen LogP) is 2.47. The summed E-state index contributed by atoms with van der Waals surface area (Å²) in [5, 5.41) is 8.90. The molecule has 1 aromatic rings. The molecule has 0 fully saturated rings. The van der Waals surface area contributed by atoms with E-state index in [9.17, 15) is 9.59 Å². The minimum absolute atomic E-state index is 0.140. The summed E-state index contributed by atoms with van der Waals surface area (Å²) in [5.41, 5.74) is 6.27. The summed E-state index contributed by atoms with van der Waals surface area (Å²) in [6.45, 7) is 2.61. The summed E-state index contributed by atoms with van der Waals surface area (Å²) in [6.07, 6.45) is 2.74. The van der Waals surface area contributed by atoms with Gasteiger partial charge < -0.3 is 20.3 Å². The molecule has 0 saturated heterocycles. The number of hydrogen-bond acceptors (Lipinski definition) is 5. The molecule has 3 N–H and O–H groups in total. The average molecular weight is 295 g/mol. The summed E-state index contributed by atoms with van der Waals surface area (Å²) in [4.78, 5) is 22.0. The van der Waals surface area contributed by atoms with Crippen molar-refractivity contribution in [3.63, 3.8) is 0 Å². The maximum absolute atomic E-state index is 11.1. The Morgan fingerprint density at radius 2 is 2.00 bits per heavy atom. The normalized spacial score (nSPS) is 10.1. The van der Waals surface area contributed by atoms with Gasteiger partial charge in [0.1, 0.15) is 5.75 Å². The van der Waals surface area contributed by atoms with Crippen molar-refractivity contribution in [2.75, 3.05) is 18.9 Å². The number of carbonyl (C=O) groups excluding carboxylic acids is 1. The molecule has 0 aliphatic carbocycles. The summed E-state index contributed by atoms with van der Waals surface area (Å²) in [7, 11) is 0. The molecular weight excluding hydrogens is 274 g/mol. The smallest absolute Gasteiger partial charge is 0.335 e. The van der Waals surface area contributed by atoms with Crippen LogP contribution >= 0.6 is 0 Å². The third kappa shape index (κ3) is 6.16. The Kier molecular flexibility index (Phi) is 7.08. The Balaban J connectivity index is 2.28. The molecule has 0 atom stereocenters. The molecule has 0 spiro atoms. The predicted molar refractivity (Wildman–Crippen MR) is 78.4 cm³/mol. The SMILES string of the molecule is CCOC(=O)CCCCCOc1cc(C(=O)O)ccc1N. The molecule has 0 aromatic heterocycles. The zero-order chi connectivity index (χ0) is 15.7. The van der Waals surface area contributed by atoms with E-state index in [2.05, 4.69) is 0 Å². The standard InChI is InChI=1S/C15H21NO5/c1-2-20-14(17)6-4-3-5-9-21-13-10-11(15(18)19)7-8-12(13)16/h7-8,10H,2-6,9,16H2,1H3,(H,18,19). The molecule has 1 aromatic carbocycles. The number of esters is 1. The highest BCUT2D eigenvalue weighted by Crippen LogP contribution is 2.23. The number of carboxylic acids is 1. The van der Waals surface area contributed by atoms with Crippen molar-refractivity contribution in [2.45, 2.75) is 32.6 Å². The van der Waals surface area contributed by atoms with E-state index in [1.807, 2.05) is 0 Å². The quantitative estimate of drug-likeness (QED) is 0.412. The number of rotatable bonds is 9.